The second-order valence-corrected chi connectivity index (χ2v) is 3.54. The number of phosphoric acid groups is 1. The van der Waals surface area contributed by atoms with E-state index in [1.54, 1.807) is 0 Å². The van der Waals surface area contributed by atoms with Crippen molar-refractivity contribution in [3.8, 4) is 5.75 Å². The Morgan fingerprint density at radius 1 is 1.62 bits per heavy atom. The summed E-state index contributed by atoms with van der Waals surface area (Å²) in [4.78, 5) is 19.2. The fourth-order valence-electron chi connectivity index (χ4n) is 0.617. The molecular weight excluding hydrogens is 199 g/mol. The Balaban J connectivity index is 2.85. The van der Waals surface area contributed by atoms with Gasteiger partial charge in [-0.2, -0.15) is 0 Å². The van der Waals surface area contributed by atoms with Gasteiger partial charge in [0.2, 0.25) is 0 Å². The van der Waals surface area contributed by atoms with E-state index in [1.165, 1.54) is 0 Å². The SMILES string of the molecule is COP(=O)(O)Oc1cocc1C=O. The maximum Gasteiger partial charge on any atom is 0.527 e. The highest BCUT2D eigenvalue weighted by molar-refractivity contribution is 7.47. The normalized spacial score (nSPS) is 14.9. The topological polar surface area (TPSA) is 86.0 Å². The largest absolute Gasteiger partial charge is 0.527 e. The van der Waals surface area contributed by atoms with Gasteiger partial charge in [0.1, 0.15) is 12.5 Å². The van der Waals surface area contributed by atoms with E-state index in [1.807, 2.05) is 0 Å². The molecule has 0 spiro atoms. The first-order valence-electron chi connectivity index (χ1n) is 3.18. The molecule has 0 aliphatic heterocycles. The third-order valence-corrected chi connectivity index (χ3v) is 2.11. The number of rotatable bonds is 4. The fraction of sp³-hybridized carbons (Fsp3) is 0.167. The molecule has 1 aromatic heterocycles. The maximum absolute atomic E-state index is 10.9. The summed E-state index contributed by atoms with van der Waals surface area (Å²) in [6.07, 6.45) is 2.57. The zero-order chi connectivity index (χ0) is 9.90. The standard InChI is InChI=1S/C6H7O6P/c1-10-13(8,9)12-6-4-11-3-5(6)2-7/h2-4H,1H3,(H,8,9). The minimum absolute atomic E-state index is 0.0475. The lowest BCUT2D eigenvalue weighted by atomic mass is 10.4. The van der Waals surface area contributed by atoms with E-state index in [-0.39, 0.29) is 11.3 Å². The molecule has 0 saturated heterocycles. The fourth-order valence-corrected chi connectivity index (χ4v) is 1.09. The van der Waals surface area contributed by atoms with E-state index >= 15 is 0 Å². The zero-order valence-corrected chi connectivity index (χ0v) is 7.56. The Morgan fingerprint density at radius 2 is 2.31 bits per heavy atom. The van der Waals surface area contributed by atoms with Crippen LogP contribution >= 0.6 is 7.82 Å². The lowest BCUT2D eigenvalue weighted by Gasteiger charge is -2.07. The van der Waals surface area contributed by atoms with Crippen molar-refractivity contribution in [1.29, 1.82) is 0 Å². The molecule has 13 heavy (non-hydrogen) atoms. The van der Waals surface area contributed by atoms with Gasteiger partial charge in [0.15, 0.2) is 12.0 Å². The van der Waals surface area contributed by atoms with Gasteiger partial charge < -0.3 is 8.94 Å². The van der Waals surface area contributed by atoms with Gasteiger partial charge in [-0.25, -0.2) is 4.57 Å². The Morgan fingerprint density at radius 3 is 2.85 bits per heavy atom. The van der Waals surface area contributed by atoms with Crippen LogP contribution in [0.2, 0.25) is 0 Å². The maximum atomic E-state index is 10.9. The Hall–Kier alpha value is -1.10. The van der Waals surface area contributed by atoms with Gasteiger partial charge in [0.05, 0.1) is 5.56 Å². The summed E-state index contributed by atoms with van der Waals surface area (Å²) in [5.41, 5.74) is 0.0475. The summed E-state index contributed by atoms with van der Waals surface area (Å²) in [5.74, 6) is -0.123. The molecule has 0 bridgehead atoms. The van der Waals surface area contributed by atoms with Crippen molar-refractivity contribution in [1.82, 2.24) is 0 Å². The van der Waals surface area contributed by atoms with E-state index in [2.05, 4.69) is 13.5 Å². The van der Waals surface area contributed by atoms with Crippen LogP contribution in [0.1, 0.15) is 10.4 Å². The van der Waals surface area contributed by atoms with E-state index in [4.69, 9.17) is 4.89 Å². The summed E-state index contributed by atoms with van der Waals surface area (Å²) in [6, 6.07) is 0. The minimum Gasteiger partial charge on any atom is -0.468 e. The predicted octanol–water partition coefficient (Wildman–Crippen LogP) is 1.22. The Kier molecular flexibility index (Phi) is 2.87. The number of aldehydes is 1. The van der Waals surface area contributed by atoms with Crippen molar-refractivity contribution < 1.29 is 27.7 Å². The molecule has 0 aromatic carbocycles. The van der Waals surface area contributed by atoms with Crippen molar-refractivity contribution in [2.24, 2.45) is 0 Å². The third kappa shape index (κ3) is 2.42. The smallest absolute Gasteiger partial charge is 0.468 e. The van der Waals surface area contributed by atoms with Gasteiger partial charge in [-0.3, -0.25) is 14.2 Å². The quantitative estimate of drug-likeness (QED) is 0.588. The number of furan rings is 1. The molecule has 0 fully saturated rings. The number of carbonyl (C=O) groups is 1. The van der Waals surface area contributed by atoms with Gasteiger partial charge in [-0.15, -0.1) is 0 Å². The summed E-state index contributed by atoms with van der Waals surface area (Å²) in [5, 5.41) is 0. The summed E-state index contributed by atoms with van der Waals surface area (Å²) < 4.78 is 24.1. The van der Waals surface area contributed by atoms with Gasteiger partial charge in [0, 0.05) is 7.11 Å². The minimum atomic E-state index is -4.12. The Labute approximate surface area is 73.7 Å². The lowest BCUT2D eigenvalue weighted by molar-refractivity contribution is 0.112. The van der Waals surface area contributed by atoms with Crippen LogP contribution < -0.4 is 4.52 Å². The molecule has 1 atom stereocenters. The van der Waals surface area contributed by atoms with Crippen molar-refractivity contribution in [3.05, 3.63) is 18.1 Å². The van der Waals surface area contributed by atoms with Crippen molar-refractivity contribution in [2.45, 2.75) is 0 Å². The van der Waals surface area contributed by atoms with E-state index in [0.717, 1.165) is 19.6 Å². The van der Waals surface area contributed by atoms with E-state index < -0.39 is 7.82 Å². The molecular formula is C6H7O6P. The number of phosphoric ester groups is 1. The van der Waals surface area contributed by atoms with E-state index in [9.17, 15) is 9.36 Å². The molecule has 72 valence electrons. The van der Waals surface area contributed by atoms with Crippen LogP contribution in [0.3, 0.4) is 0 Å². The van der Waals surface area contributed by atoms with Crippen LogP contribution in [0, 0.1) is 0 Å². The molecule has 1 unspecified atom stereocenters. The number of carbonyl (C=O) groups excluding carboxylic acids is 1. The zero-order valence-electron chi connectivity index (χ0n) is 6.67. The van der Waals surface area contributed by atoms with Gasteiger partial charge >= 0.3 is 7.82 Å². The third-order valence-electron chi connectivity index (χ3n) is 1.23. The molecule has 0 radical (unpaired) electrons. The van der Waals surface area contributed by atoms with Crippen LogP contribution in [-0.2, 0) is 9.09 Å². The van der Waals surface area contributed by atoms with Crippen molar-refractivity contribution in [3.63, 3.8) is 0 Å². The van der Waals surface area contributed by atoms with Crippen LogP contribution in [0.5, 0.6) is 5.75 Å². The highest BCUT2D eigenvalue weighted by atomic mass is 31.2. The molecule has 1 N–H and O–H groups in total. The monoisotopic (exact) mass is 206 g/mol. The van der Waals surface area contributed by atoms with Gasteiger partial charge in [0.25, 0.3) is 0 Å². The second-order valence-electron chi connectivity index (χ2n) is 2.05. The summed E-state index contributed by atoms with van der Waals surface area (Å²) in [6.45, 7) is 0. The molecule has 1 heterocycles. The predicted molar refractivity (Wildman–Crippen MR) is 41.6 cm³/mol. The number of hydrogen-bond acceptors (Lipinski definition) is 5. The lowest BCUT2D eigenvalue weighted by Crippen LogP contribution is -1.94. The first-order valence-corrected chi connectivity index (χ1v) is 4.68. The van der Waals surface area contributed by atoms with Gasteiger partial charge in [-0.05, 0) is 0 Å². The molecule has 0 saturated carbocycles. The van der Waals surface area contributed by atoms with Crippen LogP contribution in [-0.4, -0.2) is 18.3 Å². The molecule has 0 amide bonds. The summed E-state index contributed by atoms with van der Waals surface area (Å²) in [7, 11) is -3.11. The Bertz CT molecular complexity index is 343. The molecule has 7 heteroatoms. The number of hydrogen-bond donors (Lipinski definition) is 1. The molecule has 1 rings (SSSR count). The van der Waals surface area contributed by atoms with Crippen LogP contribution in [0.15, 0.2) is 16.9 Å². The average molecular weight is 206 g/mol. The highest BCUT2D eigenvalue weighted by Crippen LogP contribution is 2.43. The van der Waals surface area contributed by atoms with Crippen LogP contribution in [0.25, 0.3) is 0 Å². The average Bonchev–Trinajstić information content (AvgIpc) is 2.51. The molecule has 0 aliphatic carbocycles. The molecule has 6 nitrogen and oxygen atoms in total. The van der Waals surface area contributed by atoms with Crippen molar-refractivity contribution >= 4 is 14.1 Å². The molecule has 1 aromatic rings. The second kappa shape index (κ2) is 3.74. The first-order chi connectivity index (χ1) is 6.09. The van der Waals surface area contributed by atoms with Crippen molar-refractivity contribution in [2.75, 3.05) is 7.11 Å². The van der Waals surface area contributed by atoms with Crippen LogP contribution in [0.4, 0.5) is 0 Å². The molecule has 0 aliphatic rings. The summed E-state index contributed by atoms with van der Waals surface area (Å²) >= 11 is 0. The van der Waals surface area contributed by atoms with Gasteiger partial charge in [-0.1, -0.05) is 0 Å². The first kappa shape index (κ1) is 9.98. The van der Waals surface area contributed by atoms with E-state index in [0.29, 0.717) is 6.29 Å². The highest BCUT2D eigenvalue weighted by Gasteiger charge is 2.22.